The number of aliphatic hydroxyl groups is 1. The van der Waals surface area contributed by atoms with Crippen LogP contribution in [0, 0.1) is 0 Å². The summed E-state index contributed by atoms with van der Waals surface area (Å²) in [5.41, 5.74) is 0. The lowest BCUT2D eigenvalue weighted by molar-refractivity contribution is -0.154. The summed E-state index contributed by atoms with van der Waals surface area (Å²) in [5.74, 6) is -0.219. The summed E-state index contributed by atoms with van der Waals surface area (Å²) < 4.78 is 11.1. The van der Waals surface area contributed by atoms with Crippen LogP contribution >= 0.6 is 0 Å². The molecule has 286 valence electrons. The van der Waals surface area contributed by atoms with E-state index in [9.17, 15) is 9.90 Å². The number of hydrogen-bond acceptors (Lipinski definition) is 4. The van der Waals surface area contributed by atoms with Gasteiger partial charge in [0, 0.05) is 13.0 Å². The fraction of sp³-hybridized carbons (Fsp3) is 0.674. The summed E-state index contributed by atoms with van der Waals surface area (Å²) in [5, 5.41) is 9.57. The first-order valence-electron chi connectivity index (χ1n) is 20.7. The van der Waals surface area contributed by atoms with Crippen molar-refractivity contribution in [3.8, 4) is 0 Å². The Bertz CT molecular complexity index is 907. The fourth-order valence-corrected chi connectivity index (χ4v) is 5.38. The molecule has 0 bridgehead atoms. The molecule has 4 nitrogen and oxygen atoms in total. The van der Waals surface area contributed by atoms with Gasteiger partial charge >= 0.3 is 5.97 Å². The number of carbonyl (C=O) groups is 1. The number of ether oxygens (including phenoxy) is 2. The Morgan fingerprint density at radius 1 is 0.500 bits per heavy atom. The summed E-state index contributed by atoms with van der Waals surface area (Å²) in [6, 6.07) is 0. The molecule has 0 aromatic carbocycles. The third-order valence-corrected chi connectivity index (χ3v) is 8.45. The second kappa shape index (κ2) is 42.7. The van der Waals surface area contributed by atoms with Gasteiger partial charge in [-0.2, -0.15) is 0 Å². The molecule has 0 saturated carbocycles. The van der Waals surface area contributed by atoms with Crippen LogP contribution in [-0.4, -0.2) is 37.0 Å². The summed E-state index contributed by atoms with van der Waals surface area (Å²) in [6.45, 7) is 5.16. The van der Waals surface area contributed by atoms with Gasteiger partial charge in [-0.25, -0.2) is 0 Å². The molecular formula is C46H78O4. The van der Waals surface area contributed by atoms with Gasteiger partial charge in [-0.3, -0.25) is 4.79 Å². The van der Waals surface area contributed by atoms with Crippen LogP contribution in [0.2, 0.25) is 0 Å². The van der Waals surface area contributed by atoms with Gasteiger partial charge in [0.2, 0.25) is 0 Å². The third-order valence-electron chi connectivity index (χ3n) is 8.45. The van der Waals surface area contributed by atoms with Crippen molar-refractivity contribution < 1.29 is 19.4 Å². The van der Waals surface area contributed by atoms with Gasteiger partial charge in [0.25, 0.3) is 0 Å². The third kappa shape index (κ3) is 40.0. The van der Waals surface area contributed by atoms with Crippen LogP contribution in [0.15, 0.2) is 85.1 Å². The molecule has 0 aromatic rings. The van der Waals surface area contributed by atoms with E-state index in [0.29, 0.717) is 13.0 Å². The van der Waals surface area contributed by atoms with Crippen molar-refractivity contribution in [1.82, 2.24) is 0 Å². The van der Waals surface area contributed by atoms with Crippen molar-refractivity contribution in [2.45, 2.75) is 180 Å². The van der Waals surface area contributed by atoms with E-state index in [1.165, 1.54) is 83.5 Å². The second-order valence-corrected chi connectivity index (χ2v) is 13.3. The van der Waals surface area contributed by atoms with Crippen LogP contribution in [0.3, 0.4) is 0 Å². The zero-order valence-corrected chi connectivity index (χ0v) is 32.6. The molecule has 0 amide bonds. The summed E-state index contributed by atoms with van der Waals surface area (Å²) >= 11 is 0. The van der Waals surface area contributed by atoms with E-state index in [1.54, 1.807) is 0 Å². The molecule has 4 heteroatoms. The normalized spacial score (nSPS) is 13.3. The lowest BCUT2D eigenvalue weighted by atomic mass is 10.1. The number of allylic oxidation sites excluding steroid dienone is 14. The Hall–Kier alpha value is -2.43. The zero-order valence-electron chi connectivity index (χ0n) is 32.6. The maximum absolute atomic E-state index is 12.1. The maximum Gasteiger partial charge on any atom is 0.306 e. The molecule has 0 aliphatic carbocycles. The standard InChI is InChI=1S/C46H78O4/c1-3-5-7-9-11-13-15-17-18-19-20-21-22-23-24-25-26-27-28-29-30-32-34-36-38-40-42-49-44-45(43-47)50-46(48)41-39-37-35-33-31-16-14-12-10-8-6-4-2/h5,7,11-14,17-18,20-21,23-24,26-27,45,47H,3-4,6,8-10,15-16,19,22,25,28-44H2,1-2H3/b7-5-,13-11-,14-12-,18-17-,21-20-,24-23-,27-26-. The van der Waals surface area contributed by atoms with E-state index in [2.05, 4.69) is 98.9 Å². The first kappa shape index (κ1) is 47.6. The molecule has 0 spiro atoms. The highest BCUT2D eigenvalue weighted by Gasteiger charge is 2.13. The van der Waals surface area contributed by atoms with E-state index in [0.717, 1.165) is 70.6 Å². The fourth-order valence-electron chi connectivity index (χ4n) is 5.38. The number of carbonyl (C=O) groups excluding carboxylic acids is 1. The molecule has 0 rings (SSSR count). The average molecular weight is 695 g/mol. The van der Waals surface area contributed by atoms with Crippen molar-refractivity contribution in [2.75, 3.05) is 19.8 Å². The average Bonchev–Trinajstić information content (AvgIpc) is 3.12. The largest absolute Gasteiger partial charge is 0.457 e. The minimum absolute atomic E-state index is 0.184. The smallest absolute Gasteiger partial charge is 0.306 e. The van der Waals surface area contributed by atoms with Crippen molar-refractivity contribution in [2.24, 2.45) is 0 Å². The summed E-state index contributed by atoms with van der Waals surface area (Å²) in [4.78, 5) is 12.1. The quantitative estimate of drug-likeness (QED) is 0.0399. The van der Waals surface area contributed by atoms with Gasteiger partial charge < -0.3 is 14.6 Å². The van der Waals surface area contributed by atoms with Crippen LogP contribution in [0.5, 0.6) is 0 Å². The molecule has 0 aliphatic heterocycles. The number of rotatable bonds is 37. The van der Waals surface area contributed by atoms with Crippen LogP contribution in [0.4, 0.5) is 0 Å². The van der Waals surface area contributed by atoms with Gasteiger partial charge in [0.05, 0.1) is 13.2 Å². The van der Waals surface area contributed by atoms with Gasteiger partial charge in [0.1, 0.15) is 6.10 Å². The zero-order chi connectivity index (χ0) is 36.3. The molecule has 1 atom stereocenters. The van der Waals surface area contributed by atoms with Crippen LogP contribution in [0.25, 0.3) is 0 Å². The van der Waals surface area contributed by atoms with Crippen LogP contribution in [-0.2, 0) is 14.3 Å². The molecule has 0 aliphatic rings. The van der Waals surface area contributed by atoms with E-state index in [-0.39, 0.29) is 19.2 Å². The predicted molar refractivity (Wildman–Crippen MR) is 219 cm³/mol. The van der Waals surface area contributed by atoms with Gasteiger partial charge in [-0.15, -0.1) is 0 Å². The van der Waals surface area contributed by atoms with E-state index < -0.39 is 6.10 Å². The molecule has 0 radical (unpaired) electrons. The van der Waals surface area contributed by atoms with Crippen LogP contribution < -0.4 is 0 Å². The molecule has 1 unspecified atom stereocenters. The minimum atomic E-state index is -0.548. The molecular weight excluding hydrogens is 617 g/mol. The van der Waals surface area contributed by atoms with E-state index in [4.69, 9.17) is 9.47 Å². The maximum atomic E-state index is 12.1. The number of hydrogen-bond donors (Lipinski definition) is 1. The highest BCUT2D eigenvalue weighted by Crippen LogP contribution is 2.11. The molecule has 0 saturated heterocycles. The van der Waals surface area contributed by atoms with Crippen molar-refractivity contribution in [1.29, 1.82) is 0 Å². The topological polar surface area (TPSA) is 55.8 Å². The summed E-state index contributed by atoms with van der Waals surface area (Å²) in [7, 11) is 0. The van der Waals surface area contributed by atoms with E-state index >= 15 is 0 Å². The Labute approximate surface area is 310 Å². The van der Waals surface area contributed by atoms with Gasteiger partial charge in [0.15, 0.2) is 0 Å². The van der Waals surface area contributed by atoms with Crippen molar-refractivity contribution in [3.05, 3.63) is 85.1 Å². The second-order valence-electron chi connectivity index (χ2n) is 13.3. The Balaban J connectivity index is 3.52. The van der Waals surface area contributed by atoms with Crippen molar-refractivity contribution in [3.63, 3.8) is 0 Å². The highest BCUT2D eigenvalue weighted by molar-refractivity contribution is 5.69. The first-order valence-corrected chi connectivity index (χ1v) is 20.7. The SMILES string of the molecule is CC/C=C\C/C=C\C/C=C\C/C=C\C/C=C\C/C=C\CCCCCCCCCOCC(CO)OC(=O)CCCCCCC/C=C\CCCCC. The molecule has 0 fully saturated rings. The Morgan fingerprint density at radius 3 is 1.38 bits per heavy atom. The lowest BCUT2D eigenvalue weighted by Crippen LogP contribution is -2.27. The minimum Gasteiger partial charge on any atom is -0.457 e. The van der Waals surface area contributed by atoms with Gasteiger partial charge in [-0.05, 0) is 89.9 Å². The molecule has 0 aromatic heterocycles. The van der Waals surface area contributed by atoms with Crippen molar-refractivity contribution >= 4 is 5.97 Å². The molecule has 0 heterocycles. The lowest BCUT2D eigenvalue weighted by Gasteiger charge is -2.15. The van der Waals surface area contributed by atoms with Crippen LogP contribution in [0.1, 0.15) is 174 Å². The molecule has 50 heavy (non-hydrogen) atoms. The van der Waals surface area contributed by atoms with E-state index in [1.807, 2.05) is 0 Å². The molecule has 1 N–H and O–H groups in total. The monoisotopic (exact) mass is 695 g/mol. The highest BCUT2D eigenvalue weighted by atomic mass is 16.6. The van der Waals surface area contributed by atoms with Gasteiger partial charge in [-0.1, -0.05) is 163 Å². The first-order chi connectivity index (χ1) is 24.7. The number of esters is 1. The number of aliphatic hydroxyl groups excluding tert-OH is 1. The Kier molecular flexibility index (Phi) is 40.7. The predicted octanol–water partition coefficient (Wildman–Crippen LogP) is 13.6. The number of unbranched alkanes of at least 4 members (excludes halogenated alkanes) is 15. The Morgan fingerprint density at radius 2 is 0.900 bits per heavy atom. The summed E-state index contributed by atoms with van der Waals surface area (Å²) in [6.07, 6.45) is 59.2.